The van der Waals surface area contributed by atoms with Crippen LogP contribution in [0.4, 0.5) is 11.4 Å². The van der Waals surface area contributed by atoms with Gasteiger partial charge in [-0.15, -0.1) is 0 Å². The maximum Gasteiger partial charge on any atom is 0.261 e. The molecule has 0 unspecified atom stereocenters. The lowest BCUT2D eigenvalue weighted by Gasteiger charge is -2.31. The van der Waals surface area contributed by atoms with E-state index in [1.54, 1.807) is 12.1 Å². The van der Waals surface area contributed by atoms with Crippen molar-refractivity contribution in [3.8, 4) is 0 Å². The number of rotatable bonds is 6. The molecule has 4 rings (SSSR count). The summed E-state index contributed by atoms with van der Waals surface area (Å²) in [5.41, 5.74) is 2.83. The van der Waals surface area contributed by atoms with Crippen LogP contribution in [0, 0.1) is 25.7 Å². The summed E-state index contributed by atoms with van der Waals surface area (Å²) in [6, 6.07) is 11.8. The fourth-order valence-electron chi connectivity index (χ4n) is 4.08. The van der Waals surface area contributed by atoms with Gasteiger partial charge in [0, 0.05) is 30.6 Å². The highest BCUT2D eigenvalue weighted by molar-refractivity contribution is 7.92. The van der Waals surface area contributed by atoms with Crippen molar-refractivity contribution in [2.75, 3.05) is 23.1 Å². The predicted molar refractivity (Wildman–Crippen MR) is 124 cm³/mol. The molecule has 0 radical (unpaired) electrons. The minimum atomic E-state index is -3.74. The molecule has 0 spiro atoms. The van der Waals surface area contributed by atoms with Gasteiger partial charge in [0.1, 0.15) is 0 Å². The van der Waals surface area contributed by atoms with E-state index in [0.717, 1.165) is 24.0 Å². The van der Waals surface area contributed by atoms with E-state index in [4.69, 9.17) is 0 Å². The third kappa shape index (κ3) is 4.96. The lowest BCUT2D eigenvalue weighted by molar-refractivity contribution is -0.135. The molecular formula is C24H29N3O4S. The molecule has 32 heavy (non-hydrogen) atoms. The van der Waals surface area contributed by atoms with Gasteiger partial charge in [0.15, 0.2) is 0 Å². The van der Waals surface area contributed by atoms with E-state index in [1.165, 1.54) is 12.1 Å². The Balaban J connectivity index is 1.35. The zero-order valence-electron chi connectivity index (χ0n) is 18.4. The number of carbonyl (C=O) groups excluding carboxylic acids is 2. The number of aryl methyl sites for hydroxylation is 2. The molecule has 7 nitrogen and oxygen atoms in total. The number of anilines is 2. The standard InChI is InChI=1S/C24H29N3O4S/c1-16-4-3-5-17(2)22(16)26-32(30,31)21-10-8-20(9-11-21)25-23(28)18-12-14-27(15-13-18)24(29)19-6-7-19/h3-5,8-11,18-19,26H,6-7,12-15H2,1-2H3,(H,25,28). The number of para-hydroxylation sites is 1. The molecule has 0 bridgehead atoms. The average Bonchev–Trinajstić information content (AvgIpc) is 3.62. The summed E-state index contributed by atoms with van der Waals surface area (Å²) in [6.07, 6.45) is 3.28. The van der Waals surface area contributed by atoms with E-state index < -0.39 is 10.0 Å². The van der Waals surface area contributed by atoms with Crippen LogP contribution in [0.5, 0.6) is 0 Å². The van der Waals surface area contributed by atoms with Crippen molar-refractivity contribution >= 4 is 33.2 Å². The minimum absolute atomic E-state index is 0.0900. The first-order valence-corrected chi connectivity index (χ1v) is 12.5. The first kappa shape index (κ1) is 22.3. The van der Waals surface area contributed by atoms with Crippen molar-refractivity contribution in [3.63, 3.8) is 0 Å². The van der Waals surface area contributed by atoms with Crippen molar-refractivity contribution in [1.29, 1.82) is 0 Å². The van der Waals surface area contributed by atoms with Crippen LogP contribution in [0.25, 0.3) is 0 Å². The SMILES string of the molecule is Cc1cccc(C)c1NS(=O)(=O)c1ccc(NC(=O)C2CCN(C(=O)C3CC3)CC2)cc1. The van der Waals surface area contributed by atoms with Gasteiger partial charge in [-0.1, -0.05) is 18.2 Å². The van der Waals surface area contributed by atoms with Crippen LogP contribution in [-0.4, -0.2) is 38.2 Å². The zero-order valence-corrected chi connectivity index (χ0v) is 19.2. The van der Waals surface area contributed by atoms with E-state index in [2.05, 4.69) is 10.0 Å². The Morgan fingerprint density at radius 1 is 0.875 bits per heavy atom. The molecule has 1 saturated heterocycles. The van der Waals surface area contributed by atoms with Gasteiger partial charge in [0.05, 0.1) is 10.6 Å². The fraction of sp³-hybridized carbons (Fsp3) is 0.417. The Morgan fingerprint density at radius 3 is 2.03 bits per heavy atom. The molecule has 2 aromatic carbocycles. The number of nitrogens with one attached hydrogen (secondary N) is 2. The molecule has 1 heterocycles. The summed E-state index contributed by atoms with van der Waals surface area (Å²) >= 11 is 0. The van der Waals surface area contributed by atoms with E-state index in [9.17, 15) is 18.0 Å². The molecule has 2 aliphatic rings. The van der Waals surface area contributed by atoms with Gasteiger partial charge in [0.25, 0.3) is 10.0 Å². The first-order valence-electron chi connectivity index (χ1n) is 11.0. The Labute approximate surface area is 189 Å². The lowest BCUT2D eigenvalue weighted by Crippen LogP contribution is -2.42. The smallest absolute Gasteiger partial charge is 0.261 e. The van der Waals surface area contributed by atoms with Crippen molar-refractivity contribution in [1.82, 2.24) is 4.90 Å². The highest BCUT2D eigenvalue weighted by Gasteiger charge is 2.36. The highest BCUT2D eigenvalue weighted by atomic mass is 32.2. The van der Waals surface area contributed by atoms with Crippen LogP contribution in [0.2, 0.25) is 0 Å². The van der Waals surface area contributed by atoms with Crippen LogP contribution in [0.1, 0.15) is 36.8 Å². The number of carbonyl (C=O) groups is 2. The number of benzene rings is 2. The van der Waals surface area contributed by atoms with Crippen molar-refractivity contribution in [3.05, 3.63) is 53.6 Å². The van der Waals surface area contributed by atoms with Crippen molar-refractivity contribution in [2.45, 2.75) is 44.4 Å². The summed E-state index contributed by atoms with van der Waals surface area (Å²) in [7, 11) is -3.74. The lowest BCUT2D eigenvalue weighted by atomic mass is 9.95. The molecule has 2 aromatic rings. The number of piperidine rings is 1. The van der Waals surface area contributed by atoms with Crippen molar-refractivity contribution < 1.29 is 18.0 Å². The van der Waals surface area contributed by atoms with Gasteiger partial charge in [-0.3, -0.25) is 14.3 Å². The third-order valence-corrected chi connectivity index (χ3v) is 7.62. The van der Waals surface area contributed by atoms with Crippen LogP contribution in [-0.2, 0) is 19.6 Å². The van der Waals surface area contributed by atoms with Crippen LogP contribution < -0.4 is 10.0 Å². The quantitative estimate of drug-likeness (QED) is 0.694. The second-order valence-electron chi connectivity index (χ2n) is 8.76. The Kier molecular flexibility index (Phi) is 6.24. The summed E-state index contributed by atoms with van der Waals surface area (Å²) in [5.74, 6) is 0.203. The van der Waals surface area contributed by atoms with Gasteiger partial charge in [0.2, 0.25) is 11.8 Å². The van der Waals surface area contributed by atoms with Crippen molar-refractivity contribution in [2.24, 2.45) is 11.8 Å². The molecule has 0 aromatic heterocycles. The molecule has 0 atom stereocenters. The van der Waals surface area contributed by atoms with Gasteiger partial charge >= 0.3 is 0 Å². The molecule has 8 heteroatoms. The Morgan fingerprint density at radius 2 is 1.47 bits per heavy atom. The summed E-state index contributed by atoms with van der Waals surface area (Å²) in [6.45, 7) is 4.95. The predicted octanol–water partition coefficient (Wildman–Crippen LogP) is 3.69. The van der Waals surface area contributed by atoms with E-state index >= 15 is 0 Å². The summed E-state index contributed by atoms with van der Waals surface area (Å²) in [4.78, 5) is 26.8. The maximum absolute atomic E-state index is 12.8. The average molecular weight is 456 g/mol. The van der Waals surface area contributed by atoms with E-state index in [-0.39, 0.29) is 28.5 Å². The van der Waals surface area contributed by atoms with Gasteiger partial charge in [-0.2, -0.15) is 0 Å². The number of nitrogens with zero attached hydrogens (tertiary/aromatic N) is 1. The molecule has 2 amide bonds. The van der Waals surface area contributed by atoms with E-state index in [0.29, 0.717) is 37.3 Å². The second-order valence-corrected chi connectivity index (χ2v) is 10.4. The molecule has 2 fully saturated rings. The Bertz CT molecular complexity index is 1100. The van der Waals surface area contributed by atoms with Gasteiger partial charge < -0.3 is 10.2 Å². The normalized spacial score (nSPS) is 17.1. The fourth-order valence-corrected chi connectivity index (χ4v) is 5.28. The highest BCUT2D eigenvalue weighted by Crippen LogP contribution is 2.32. The second kappa shape index (κ2) is 8.94. The number of hydrogen-bond acceptors (Lipinski definition) is 4. The molecule has 1 saturated carbocycles. The van der Waals surface area contributed by atoms with Crippen LogP contribution in [0.15, 0.2) is 47.4 Å². The van der Waals surface area contributed by atoms with Gasteiger partial charge in [-0.05, 0) is 74.9 Å². The molecule has 1 aliphatic carbocycles. The number of sulfonamides is 1. The maximum atomic E-state index is 12.8. The molecule has 170 valence electrons. The number of amides is 2. The van der Waals surface area contributed by atoms with Gasteiger partial charge in [-0.25, -0.2) is 8.42 Å². The monoisotopic (exact) mass is 455 g/mol. The number of likely N-dealkylation sites (tertiary alicyclic amines) is 1. The zero-order chi connectivity index (χ0) is 22.9. The minimum Gasteiger partial charge on any atom is -0.342 e. The van der Waals surface area contributed by atoms with Crippen LogP contribution >= 0.6 is 0 Å². The molecular weight excluding hydrogens is 426 g/mol. The summed E-state index contributed by atoms with van der Waals surface area (Å²) in [5, 5.41) is 2.88. The largest absolute Gasteiger partial charge is 0.342 e. The third-order valence-electron chi connectivity index (χ3n) is 6.25. The molecule has 2 N–H and O–H groups in total. The molecule has 1 aliphatic heterocycles. The Hall–Kier alpha value is -2.87. The summed E-state index contributed by atoms with van der Waals surface area (Å²) < 4.78 is 28.2. The van der Waals surface area contributed by atoms with E-state index in [1.807, 2.05) is 36.9 Å². The first-order chi connectivity index (χ1) is 15.2. The topological polar surface area (TPSA) is 95.6 Å². The number of hydrogen-bond donors (Lipinski definition) is 2. The van der Waals surface area contributed by atoms with Crippen LogP contribution in [0.3, 0.4) is 0 Å².